The number of ether oxygens (including phenoxy) is 2. The van der Waals surface area contributed by atoms with Gasteiger partial charge >= 0.3 is 68.6 Å². The van der Waals surface area contributed by atoms with Crippen molar-refractivity contribution >= 4 is 58.3 Å². The van der Waals surface area contributed by atoms with E-state index in [2.05, 4.69) is 53.0 Å². The van der Waals surface area contributed by atoms with Crippen LogP contribution >= 0.6 is 25.3 Å². The van der Waals surface area contributed by atoms with Gasteiger partial charge in [0.05, 0.1) is 24.7 Å². The molecular weight excluding hydrogens is 463 g/mol. The second-order valence-corrected chi connectivity index (χ2v) is 10.1. The van der Waals surface area contributed by atoms with Crippen LogP contribution in [0.15, 0.2) is 0 Å². The van der Waals surface area contributed by atoms with Gasteiger partial charge in [-0.25, -0.2) is 0 Å². The summed E-state index contributed by atoms with van der Waals surface area (Å²) in [6.07, 6.45) is 6.87. The summed E-state index contributed by atoms with van der Waals surface area (Å²) in [7, 11) is 0. The van der Waals surface area contributed by atoms with Crippen molar-refractivity contribution in [1.29, 1.82) is 0 Å². The van der Waals surface area contributed by atoms with E-state index in [1.165, 1.54) is 12.8 Å². The molecule has 0 heterocycles. The van der Waals surface area contributed by atoms with Gasteiger partial charge in [-0.1, -0.05) is 26.7 Å². The predicted molar refractivity (Wildman–Crippen MR) is 115 cm³/mol. The van der Waals surface area contributed by atoms with Crippen LogP contribution in [0.1, 0.15) is 66.2 Å². The zero-order valence-electron chi connectivity index (χ0n) is 16.5. The first-order valence-electron chi connectivity index (χ1n) is 9.27. The van der Waals surface area contributed by atoms with Gasteiger partial charge in [0, 0.05) is 0 Å². The van der Waals surface area contributed by atoms with Crippen molar-refractivity contribution in [2.45, 2.75) is 75.1 Å². The molecule has 0 fully saturated rings. The zero-order chi connectivity index (χ0) is 19.8. The van der Waals surface area contributed by atoms with Gasteiger partial charge < -0.3 is 9.47 Å². The van der Waals surface area contributed by atoms with Crippen molar-refractivity contribution in [2.75, 3.05) is 24.7 Å². The van der Waals surface area contributed by atoms with Crippen LogP contribution in [0.3, 0.4) is 0 Å². The molecule has 0 atom stereocenters. The van der Waals surface area contributed by atoms with Crippen LogP contribution in [-0.2, 0) is 19.1 Å². The summed E-state index contributed by atoms with van der Waals surface area (Å²) in [5, 5.41) is 0. The number of carbonyl (C=O) groups is 2. The summed E-state index contributed by atoms with van der Waals surface area (Å²) in [4.78, 5) is 20.8. The van der Waals surface area contributed by atoms with Gasteiger partial charge in [-0.05, 0) is 12.8 Å². The van der Waals surface area contributed by atoms with E-state index in [0.29, 0.717) is 13.2 Å². The number of rotatable bonds is 12. The molecule has 0 rings (SSSR count). The van der Waals surface area contributed by atoms with E-state index in [4.69, 9.17) is 9.47 Å². The molecule has 0 N–H and O–H groups in total. The van der Waals surface area contributed by atoms with Crippen LogP contribution in [0.25, 0.3) is 0 Å². The molecule has 0 aromatic heterocycles. The summed E-state index contributed by atoms with van der Waals surface area (Å²) in [5.41, 5.74) is 0. The molecule has 0 aliphatic carbocycles. The first-order chi connectivity index (χ1) is 12.0. The SMILES string of the molecule is CCCCOC(=O)CS.CCCCOC(=O)CS.CC[CH2][Sn][CH2]CC. The Kier molecular flexibility index (Phi) is 35.3. The standard InChI is InChI=1S/2C6H12O2S.2C3H7.Sn/c2*1-2-3-4-8-6(7)5-9;2*1-3-2;/h2*9H,2-5H2,1H3;2*1,3H2,2H3;. The molecule has 0 amide bonds. The van der Waals surface area contributed by atoms with Crippen molar-refractivity contribution in [3.05, 3.63) is 0 Å². The Bertz CT molecular complexity index is 254. The van der Waals surface area contributed by atoms with Crippen molar-refractivity contribution in [3.63, 3.8) is 0 Å². The Balaban J connectivity index is -0.000000293. The van der Waals surface area contributed by atoms with Gasteiger partial charge in [-0.15, -0.1) is 0 Å². The molecule has 0 unspecified atom stereocenters. The first-order valence-corrected chi connectivity index (χ1v) is 14.6. The molecule has 25 heavy (non-hydrogen) atoms. The molecule has 0 saturated heterocycles. The van der Waals surface area contributed by atoms with Gasteiger partial charge in [0.15, 0.2) is 0 Å². The number of esters is 2. The Morgan fingerprint density at radius 3 is 1.32 bits per heavy atom. The van der Waals surface area contributed by atoms with Gasteiger partial charge in [-0.2, -0.15) is 25.3 Å². The molecule has 2 radical (unpaired) electrons. The van der Waals surface area contributed by atoms with Gasteiger partial charge in [-0.3, -0.25) is 9.59 Å². The summed E-state index contributed by atoms with van der Waals surface area (Å²) in [6, 6.07) is 0. The second-order valence-electron chi connectivity index (χ2n) is 5.21. The van der Waals surface area contributed by atoms with E-state index in [-0.39, 0.29) is 44.6 Å². The minimum absolute atomic E-state index is 0.181. The number of hydrogen-bond acceptors (Lipinski definition) is 6. The van der Waals surface area contributed by atoms with Crippen LogP contribution in [0, 0.1) is 0 Å². The number of hydrogen-bond donors (Lipinski definition) is 2. The summed E-state index contributed by atoms with van der Waals surface area (Å²) in [6.45, 7) is 9.75. The van der Waals surface area contributed by atoms with Gasteiger partial charge in [0.2, 0.25) is 0 Å². The summed E-state index contributed by atoms with van der Waals surface area (Å²) < 4.78 is 12.6. The van der Waals surface area contributed by atoms with Gasteiger partial charge in [0.1, 0.15) is 0 Å². The van der Waals surface area contributed by atoms with Crippen molar-refractivity contribution < 1.29 is 19.1 Å². The molecule has 0 spiro atoms. The Morgan fingerprint density at radius 1 is 0.720 bits per heavy atom. The van der Waals surface area contributed by atoms with Crippen molar-refractivity contribution in [1.82, 2.24) is 0 Å². The first kappa shape index (κ1) is 30.2. The Labute approximate surface area is 176 Å². The fourth-order valence-corrected chi connectivity index (χ4v) is 4.14. The zero-order valence-corrected chi connectivity index (χ0v) is 21.2. The second kappa shape index (κ2) is 29.2. The third-order valence-electron chi connectivity index (χ3n) is 2.63. The van der Waals surface area contributed by atoms with Crippen LogP contribution in [-0.4, -0.2) is 57.8 Å². The third-order valence-corrected chi connectivity index (χ3v) is 8.02. The fourth-order valence-electron chi connectivity index (χ4n) is 1.23. The quantitative estimate of drug-likeness (QED) is 0.174. The molecule has 0 aromatic rings. The topological polar surface area (TPSA) is 52.6 Å². The maximum atomic E-state index is 10.4. The van der Waals surface area contributed by atoms with Crippen molar-refractivity contribution in [2.24, 2.45) is 0 Å². The predicted octanol–water partition coefficient (Wildman–Crippen LogP) is 4.87. The summed E-state index contributed by atoms with van der Waals surface area (Å²) >= 11 is 7.67. The molecule has 0 aliphatic heterocycles. The monoisotopic (exact) mass is 502 g/mol. The average molecular weight is 501 g/mol. The molecule has 0 aromatic carbocycles. The minimum atomic E-state index is -0.230. The van der Waals surface area contributed by atoms with Crippen LogP contribution < -0.4 is 0 Å². The van der Waals surface area contributed by atoms with Crippen molar-refractivity contribution in [3.8, 4) is 0 Å². The number of unbranched alkanes of at least 4 members (excludes halogenated alkanes) is 2. The number of thiol groups is 2. The molecule has 7 heteroatoms. The molecule has 0 aliphatic rings. The fraction of sp³-hybridized carbons (Fsp3) is 0.889. The maximum absolute atomic E-state index is 10.4. The van der Waals surface area contributed by atoms with E-state index in [1.807, 2.05) is 0 Å². The average Bonchev–Trinajstić information content (AvgIpc) is 2.63. The van der Waals surface area contributed by atoms with E-state index in [1.54, 1.807) is 8.87 Å². The van der Waals surface area contributed by atoms with E-state index >= 15 is 0 Å². The van der Waals surface area contributed by atoms with E-state index in [0.717, 1.165) is 25.7 Å². The summed E-state index contributed by atoms with van der Waals surface area (Å²) in [5.74, 6) is -0.0912. The Morgan fingerprint density at radius 2 is 1.08 bits per heavy atom. The normalized spacial score (nSPS) is 9.20. The van der Waals surface area contributed by atoms with Crippen LogP contribution in [0.2, 0.25) is 8.87 Å². The van der Waals surface area contributed by atoms with E-state index < -0.39 is 0 Å². The van der Waals surface area contributed by atoms with Gasteiger partial charge in [0.25, 0.3) is 0 Å². The number of carbonyl (C=O) groups excluding carboxylic acids is 2. The van der Waals surface area contributed by atoms with Crippen LogP contribution in [0.4, 0.5) is 0 Å². The molecule has 150 valence electrons. The molecule has 0 saturated carbocycles. The molecule has 0 bridgehead atoms. The molecule has 4 nitrogen and oxygen atoms in total. The molecular formula is C18H38O4S2Sn. The van der Waals surface area contributed by atoms with E-state index in [9.17, 15) is 9.59 Å². The van der Waals surface area contributed by atoms with Crippen LogP contribution in [0.5, 0.6) is 0 Å². The third kappa shape index (κ3) is 36.2. The Hall–Kier alpha value is 0.439.